The van der Waals surface area contributed by atoms with Crippen LogP contribution in [0.4, 0.5) is 4.79 Å². The predicted octanol–water partition coefficient (Wildman–Crippen LogP) is 3.47. The minimum absolute atomic E-state index is 0.0667. The fourth-order valence-electron chi connectivity index (χ4n) is 3.21. The summed E-state index contributed by atoms with van der Waals surface area (Å²) in [5.41, 5.74) is 2.41. The first-order valence-electron chi connectivity index (χ1n) is 8.53. The summed E-state index contributed by atoms with van der Waals surface area (Å²) in [5, 5.41) is 11.8. The van der Waals surface area contributed by atoms with Gasteiger partial charge in [-0.25, -0.2) is 9.59 Å². The number of amides is 2. The van der Waals surface area contributed by atoms with Crippen molar-refractivity contribution in [3.8, 4) is 0 Å². The molecule has 1 atom stereocenters. The van der Waals surface area contributed by atoms with Crippen molar-refractivity contribution >= 4 is 12.0 Å². The molecule has 0 spiro atoms. The molecule has 2 amide bonds. The maximum Gasteiger partial charge on any atom is 0.335 e. The second-order valence-electron chi connectivity index (χ2n) is 6.36. The van der Waals surface area contributed by atoms with Crippen LogP contribution < -0.4 is 5.32 Å². The molecular weight excluding hydrogens is 316 g/mol. The third-order valence-corrected chi connectivity index (χ3v) is 4.62. The largest absolute Gasteiger partial charge is 0.478 e. The van der Waals surface area contributed by atoms with Crippen LogP contribution in [0.15, 0.2) is 54.6 Å². The van der Waals surface area contributed by atoms with Crippen LogP contribution in [-0.4, -0.2) is 35.1 Å². The molecule has 130 valence electrons. The summed E-state index contributed by atoms with van der Waals surface area (Å²) in [6.07, 6.45) is 2.10. The molecule has 3 rings (SSSR count). The van der Waals surface area contributed by atoms with Crippen molar-refractivity contribution in [1.29, 1.82) is 0 Å². The van der Waals surface area contributed by atoms with Gasteiger partial charge >= 0.3 is 12.0 Å². The van der Waals surface area contributed by atoms with E-state index in [1.165, 1.54) is 5.56 Å². The Morgan fingerprint density at radius 3 is 2.48 bits per heavy atom. The molecule has 1 aliphatic heterocycles. The van der Waals surface area contributed by atoms with E-state index in [0.29, 0.717) is 12.5 Å². The lowest BCUT2D eigenvalue weighted by Gasteiger charge is -2.33. The van der Waals surface area contributed by atoms with Crippen LogP contribution in [0.5, 0.6) is 0 Å². The Morgan fingerprint density at radius 2 is 1.80 bits per heavy atom. The Bertz CT molecular complexity index is 728. The lowest BCUT2D eigenvalue weighted by molar-refractivity contribution is 0.0697. The maximum absolute atomic E-state index is 12.4. The lowest BCUT2D eigenvalue weighted by atomic mass is 9.91. The summed E-state index contributed by atoms with van der Waals surface area (Å²) in [5.74, 6) is -0.564. The molecule has 1 heterocycles. The number of piperidine rings is 1. The molecule has 2 N–H and O–H groups in total. The number of nitrogens with zero attached hydrogens (tertiary/aromatic N) is 1. The van der Waals surface area contributed by atoms with Gasteiger partial charge in [0.25, 0.3) is 0 Å². The molecule has 0 aromatic heterocycles. The molecule has 1 aliphatic rings. The highest BCUT2D eigenvalue weighted by molar-refractivity contribution is 5.87. The van der Waals surface area contributed by atoms with Crippen molar-refractivity contribution in [2.45, 2.75) is 25.3 Å². The molecule has 2 aromatic carbocycles. The summed E-state index contributed by atoms with van der Waals surface area (Å²) >= 11 is 0. The Kier molecular flexibility index (Phi) is 5.33. The number of carboxylic acids is 1. The minimum atomic E-state index is -0.948. The van der Waals surface area contributed by atoms with Crippen molar-refractivity contribution in [3.05, 3.63) is 71.3 Å². The van der Waals surface area contributed by atoms with Gasteiger partial charge in [-0.15, -0.1) is 0 Å². The molecule has 25 heavy (non-hydrogen) atoms. The number of rotatable bonds is 4. The fourth-order valence-corrected chi connectivity index (χ4v) is 3.21. The first-order chi connectivity index (χ1) is 12.1. The van der Waals surface area contributed by atoms with Crippen molar-refractivity contribution in [2.75, 3.05) is 13.1 Å². The zero-order valence-electron chi connectivity index (χ0n) is 14.0. The summed E-state index contributed by atoms with van der Waals surface area (Å²) in [6, 6.07) is 16.8. The van der Waals surface area contributed by atoms with E-state index in [9.17, 15) is 9.59 Å². The van der Waals surface area contributed by atoms with Gasteiger partial charge in [0.05, 0.1) is 5.56 Å². The Morgan fingerprint density at radius 1 is 1.08 bits per heavy atom. The number of benzene rings is 2. The highest BCUT2D eigenvalue weighted by Gasteiger charge is 2.24. The van der Waals surface area contributed by atoms with Gasteiger partial charge in [0.2, 0.25) is 0 Å². The second kappa shape index (κ2) is 7.83. The second-order valence-corrected chi connectivity index (χ2v) is 6.36. The third kappa shape index (κ3) is 4.38. The molecule has 5 nitrogen and oxygen atoms in total. The zero-order chi connectivity index (χ0) is 17.6. The minimum Gasteiger partial charge on any atom is -0.478 e. The smallest absolute Gasteiger partial charge is 0.335 e. The van der Waals surface area contributed by atoms with Crippen LogP contribution in [0, 0.1) is 0 Å². The molecule has 0 radical (unpaired) electrons. The third-order valence-electron chi connectivity index (χ3n) is 4.62. The predicted molar refractivity (Wildman–Crippen MR) is 95.6 cm³/mol. The summed E-state index contributed by atoms with van der Waals surface area (Å²) < 4.78 is 0. The number of carbonyl (C=O) groups excluding carboxylic acids is 1. The number of likely N-dealkylation sites (tertiary alicyclic amines) is 1. The first-order valence-corrected chi connectivity index (χ1v) is 8.53. The summed E-state index contributed by atoms with van der Waals surface area (Å²) in [4.78, 5) is 25.2. The zero-order valence-corrected chi connectivity index (χ0v) is 14.0. The number of carboxylic acid groups (broad SMARTS) is 1. The lowest BCUT2D eigenvalue weighted by Crippen LogP contribution is -2.44. The average molecular weight is 338 g/mol. The first kappa shape index (κ1) is 17.0. The van der Waals surface area contributed by atoms with Crippen molar-refractivity contribution in [1.82, 2.24) is 10.2 Å². The van der Waals surface area contributed by atoms with Crippen LogP contribution in [-0.2, 0) is 6.54 Å². The van der Waals surface area contributed by atoms with Crippen LogP contribution >= 0.6 is 0 Å². The maximum atomic E-state index is 12.4. The van der Waals surface area contributed by atoms with E-state index < -0.39 is 5.97 Å². The van der Waals surface area contributed by atoms with Crippen LogP contribution in [0.1, 0.15) is 40.2 Å². The van der Waals surface area contributed by atoms with Gasteiger partial charge in [0.15, 0.2) is 0 Å². The molecule has 1 fully saturated rings. The number of urea groups is 1. The van der Waals surface area contributed by atoms with E-state index in [4.69, 9.17) is 5.11 Å². The molecule has 1 saturated heterocycles. The molecule has 0 bridgehead atoms. The van der Waals surface area contributed by atoms with Crippen molar-refractivity contribution < 1.29 is 14.7 Å². The molecule has 5 heteroatoms. The number of hydrogen-bond donors (Lipinski definition) is 2. The number of nitrogens with one attached hydrogen (secondary N) is 1. The molecule has 0 aliphatic carbocycles. The van der Waals surface area contributed by atoms with E-state index in [1.807, 2.05) is 23.1 Å². The number of carbonyl (C=O) groups is 2. The average Bonchev–Trinajstić information content (AvgIpc) is 2.67. The van der Waals surface area contributed by atoms with Gasteiger partial charge in [-0.3, -0.25) is 0 Å². The Balaban J connectivity index is 1.55. The molecule has 0 saturated carbocycles. The van der Waals surface area contributed by atoms with Crippen molar-refractivity contribution in [3.63, 3.8) is 0 Å². The quantitative estimate of drug-likeness (QED) is 0.897. The number of aromatic carboxylic acids is 1. The van der Waals surface area contributed by atoms with Gasteiger partial charge in [0.1, 0.15) is 0 Å². The van der Waals surface area contributed by atoms with Gasteiger partial charge in [-0.1, -0.05) is 42.5 Å². The van der Waals surface area contributed by atoms with Gasteiger partial charge in [-0.05, 0) is 36.1 Å². The molecule has 2 aromatic rings. The van der Waals surface area contributed by atoms with Crippen LogP contribution in [0.25, 0.3) is 0 Å². The highest BCUT2D eigenvalue weighted by atomic mass is 16.4. The van der Waals surface area contributed by atoms with E-state index in [0.717, 1.165) is 31.5 Å². The van der Waals surface area contributed by atoms with Gasteiger partial charge in [0, 0.05) is 25.6 Å². The molecular formula is C20H22N2O3. The van der Waals surface area contributed by atoms with Gasteiger partial charge < -0.3 is 15.3 Å². The molecule has 1 unspecified atom stereocenters. The summed E-state index contributed by atoms with van der Waals surface area (Å²) in [6.45, 7) is 1.89. The van der Waals surface area contributed by atoms with Crippen molar-refractivity contribution in [2.24, 2.45) is 0 Å². The SMILES string of the molecule is O=C(O)c1ccc(CNC(=O)N2CCCC(c3ccccc3)C2)cc1. The van der Waals surface area contributed by atoms with Crippen LogP contribution in [0.3, 0.4) is 0 Å². The topological polar surface area (TPSA) is 69.6 Å². The van der Waals surface area contributed by atoms with E-state index in [2.05, 4.69) is 17.4 Å². The van der Waals surface area contributed by atoms with E-state index >= 15 is 0 Å². The Hall–Kier alpha value is -2.82. The fraction of sp³-hybridized carbons (Fsp3) is 0.300. The highest BCUT2D eigenvalue weighted by Crippen LogP contribution is 2.26. The van der Waals surface area contributed by atoms with E-state index in [-0.39, 0.29) is 11.6 Å². The Labute approximate surface area is 147 Å². The van der Waals surface area contributed by atoms with E-state index in [1.54, 1.807) is 24.3 Å². The standard InChI is InChI=1S/C20H22N2O3/c23-19(24)17-10-8-15(9-11-17)13-21-20(25)22-12-4-7-18(14-22)16-5-2-1-3-6-16/h1-3,5-6,8-11,18H,4,7,12-14H2,(H,21,25)(H,23,24). The van der Waals surface area contributed by atoms with Crippen LogP contribution in [0.2, 0.25) is 0 Å². The van der Waals surface area contributed by atoms with Gasteiger partial charge in [-0.2, -0.15) is 0 Å². The normalized spacial score (nSPS) is 17.1. The summed E-state index contributed by atoms with van der Waals surface area (Å²) in [7, 11) is 0. The monoisotopic (exact) mass is 338 g/mol. The number of hydrogen-bond acceptors (Lipinski definition) is 2.